The molecule has 4 nitrogen and oxygen atoms in total. The molecule has 5 heteroatoms. The smallest absolute Gasteiger partial charge is 0.230 e. The first-order chi connectivity index (χ1) is 13.2. The van der Waals surface area contributed by atoms with Gasteiger partial charge in [-0.1, -0.05) is 30.3 Å². The van der Waals surface area contributed by atoms with Gasteiger partial charge in [-0.05, 0) is 43.5 Å². The number of carbonyl (C=O) groups excluding carboxylic acids is 1. The van der Waals surface area contributed by atoms with Crippen molar-refractivity contribution in [3.63, 3.8) is 0 Å². The minimum atomic E-state index is -0.0306. The zero-order valence-electron chi connectivity index (χ0n) is 15.4. The van der Waals surface area contributed by atoms with E-state index in [1.54, 1.807) is 11.3 Å². The second-order valence-electron chi connectivity index (χ2n) is 6.93. The highest BCUT2D eigenvalue weighted by molar-refractivity contribution is 7.13. The Morgan fingerprint density at radius 3 is 2.67 bits per heavy atom. The maximum atomic E-state index is 12.5. The minimum Gasteiger partial charge on any atom is -0.372 e. The van der Waals surface area contributed by atoms with Crippen molar-refractivity contribution in [2.75, 3.05) is 23.3 Å². The van der Waals surface area contributed by atoms with E-state index in [4.69, 9.17) is 0 Å². The predicted molar refractivity (Wildman–Crippen MR) is 113 cm³/mol. The maximum absolute atomic E-state index is 12.5. The summed E-state index contributed by atoms with van der Waals surface area (Å²) in [7, 11) is 0. The fourth-order valence-corrected chi connectivity index (χ4v) is 4.25. The van der Waals surface area contributed by atoms with Crippen molar-refractivity contribution in [1.82, 2.24) is 4.98 Å². The second-order valence-corrected chi connectivity index (χ2v) is 7.79. The highest BCUT2D eigenvalue weighted by atomic mass is 32.1. The summed E-state index contributed by atoms with van der Waals surface area (Å²) in [4.78, 5) is 19.5. The van der Waals surface area contributed by atoms with Crippen LogP contribution in [0.3, 0.4) is 0 Å². The number of anilines is 2. The molecule has 2 aromatic carbocycles. The molecule has 0 aliphatic carbocycles. The normalized spacial score (nSPS) is 13.7. The Bertz CT molecular complexity index is 930. The number of aryl methyl sites for hydroxylation is 1. The monoisotopic (exact) mass is 377 g/mol. The van der Waals surface area contributed by atoms with Crippen molar-refractivity contribution >= 4 is 28.6 Å². The van der Waals surface area contributed by atoms with Gasteiger partial charge in [0.25, 0.3) is 0 Å². The molecule has 1 fully saturated rings. The van der Waals surface area contributed by atoms with Crippen LogP contribution in [0, 0.1) is 6.92 Å². The lowest BCUT2D eigenvalue weighted by molar-refractivity contribution is -0.115. The number of nitrogens with one attached hydrogen (secondary N) is 1. The fourth-order valence-electron chi connectivity index (χ4n) is 3.42. The zero-order valence-corrected chi connectivity index (χ0v) is 16.3. The van der Waals surface area contributed by atoms with Gasteiger partial charge in [0.05, 0.1) is 12.1 Å². The Hall–Kier alpha value is -2.66. The molecule has 1 amide bonds. The van der Waals surface area contributed by atoms with Gasteiger partial charge in [-0.3, -0.25) is 4.79 Å². The number of aromatic nitrogens is 1. The van der Waals surface area contributed by atoms with Crippen molar-refractivity contribution in [3.8, 4) is 10.6 Å². The first-order valence-corrected chi connectivity index (χ1v) is 10.2. The van der Waals surface area contributed by atoms with Crippen LogP contribution in [0.4, 0.5) is 11.4 Å². The molecule has 1 N–H and O–H groups in total. The molecule has 1 aliphatic rings. The van der Waals surface area contributed by atoms with Crippen LogP contribution in [0.25, 0.3) is 10.6 Å². The quantitative estimate of drug-likeness (QED) is 0.688. The minimum absolute atomic E-state index is 0.0306. The fraction of sp³-hybridized carbons (Fsp3) is 0.273. The zero-order chi connectivity index (χ0) is 18.6. The summed E-state index contributed by atoms with van der Waals surface area (Å²) in [6.07, 6.45) is 2.81. The van der Waals surface area contributed by atoms with Crippen molar-refractivity contribution < 1.29 is 4.79 Å². The van der Waals surface area contributed by atoms with Gasteiger partial charge in [0.2, 0.25) is 5.91 Å². The summed E-state index contributed by atoms with van der Waals surface area (Å²) < 4.78 is 0. The van der Waals surface area contributed by atoms with E-state index in [1.807, 2.05) is 48.7 Å². The molecule has 0 unspecified atom stereocenters. The highest BCUT2D eigenvalue weighted by Gasteiger charge is 2.14. The van der Waals surface area contributed by atoms with E-state index in [2.05, 4.69) is 27.3 Å². The Kier molecular flexibility index (Phi) is 5.21. The van der Waals surface area contributed by atoms with E-state index >= 15 is 0 Å². The Morgan fingerprint density at radius 1 is 1.15 bits per heavy atom. The maximum Gasteiger partial charge on any atom is 0.230 e. The molecule has 1 aliphatic heterocycles. The average molecular weight is 378 g/mol. The molecule has 0 radical (unpaired) electrons. The van der Waals surface area contributed by atoms with Crippen LogP contribution in [0.2, 0.25) is 0 Å². The molecule has 27 heavy (non-hydrogen) atoms. The summed E-state index contributed by atoms with van der Waals surface area (Å²) in [6, 6.07) is 16.3. The van der Waals surface area contributed by atoms with E-state index in [9.17, 15) is 4.79 Å². The molecular weight excluding hydrogens is 354 g/mol. The summed E-state index contributed by atoms with van der Waals surface area (Å²) in [5.74, 6) is -0.0306. The van der Waals surface area contributed by atoms with E-state index < -0.39 is 0 Å². The average Bonchev–Trinajstić information content (AvgIpc) is 3.36. The van der Waals surface area contributed by atoms with Crippen LogP contribution in [0.1, 0.15) is 24.1 Å². The Balaban J connectivity index is 1.40. The van der Waals surface area contributed by atoms with Crippen LogP contribution in [0.15, 0.2) is 53.9 Å². The highest BCUT2D eigenvalue weighted by Crippen LogP contribution is 2.26. The number of nitrogens with zero attached hydrogens (tertiary/aromatic N) is 2. The summed E-state index contributed by atoms with van der Waals surface area (Å²) >= 11 is 1.57. The Labute approximate surface area is 163 Å². The van der Waals surface area contributed by atoms with Gasteiger partial charge in [0.1, 0.15) is 5.01 Å². The summed E-state index contributed by atoms with van der Waals surface area (Å²) in [5, 5.41) is 5.94. The van der Waals surface area contributed by atoms with E-state index in [1.165, 1.54) is 18.5 Å². The summed E-state index contributed by atoms with van der Waals surface area (Å²) in [6.45, 7) is 4.29. The Morgan fingerprint density at radius 2 is 1.93 bits per heavy atom. The lowest BCUT2D eigenvalue weighted by Crippen LogP contribution is -2.18. The van der Waals surface area contributed by atoms with Gasteiger partial charge in [0, 0.05) is 35.4 Å². The lowest BCUT2D eigenvalue weighted by atomic mass is 10.1. The van der Waals surface area contributed by atoms with Crippen molar-refractivity contribution in [1.29, 1.82) is 0 Å². The van der Waals surface area contributed by atoms with Crippen LogP contribution < -0.4 is 10.2 Å². The molecule has 3 aromatic rings. The third kappa shape index (κ3) is 4.19. The van der Waals surface area contributed by atoms with Gasteiger partial charge >= 0.3 is 0 Å². The predicted octanol–water partition coefficient (Wildman–Crippen LogP) is 4.90. The third-order valence-corrected chi connectivity index (χ3v) is 5.81. The number of hydrogen-bond acceptors (Lipinski definition) is 4. The largest absolute Gasteiger partial charge is 0.372 e. The van der Waals surface area contributed by atoms with Crippen molar-refractivity contribution in [3.05, 3.63) is 65.2 Å². The molecule has 4 rings (SSSR count). The SMILES string of the molecule is Cc1cc(N2CCCC2)ccc1NC(=O)Cc1csc(-c2ccccc2)n1. The molecular formula is C22H23N3OS. The van der Waals surface area contributed by atoms with E-state index in [0.717, 1.165) is 40.6 Å². The van der Waals surface area contributed by atoms with Gasteiger partial charge < -0.3 is 10.2 Å². The molecule has 0 atom stereocenters. The van der Waals surface area contributed by atoms with Crippen LogP contribution in [-0.2, 0) is 11.2 Å². The number of rotatable bonds is 5. The number of amides is 1. The molecule has 1 saturated heterocycles. The van der Waals surface area contributed by atoms with Gasteiger partial charge in [-0.15, -0.1) is 11.3 Å². The molecule has 1 aromatic heterocycles. The topological polar surface area (TPSA) is 45.2 Å². The first kappa shape index (κ1) is 17.7. The molecule has 0 spiro atoms. The molecule has 2 heterocycles. The lowest BCUT2D eigenvalue weighted by Gasteiger charge is -2.19. The van der Waals surface area contributed by atoms with Crippen LogP contribution >= 0.6 is 11.3 Å². The molecule has 138 valence electrons. The van der Waals surface area contributed by atoms with Gasteiger partial charge in [-0.2, -0.15) is 0 Å². The second kappa shape index (κ2) is 7.92. The number of benzene rings is 2. The number of thiazole rings is 1. The standard InChI is InChI=1S/C22H23N3OS/c1-16-13-19(25-11-5-6-12-25)9-10-20(16)24-21(26)14-18-15-27-22(23-18)17-7-3-2-4-8-17/h2-4,7-10,13,15H,5-6,11-12,14H2,1H3,(H,24,26). The molecule has 0 saturated carbocycles. The number of carbonyl (C=O) groups is 1. The van der Waals surface area contributed by atoms with Crippen LogP contribution in [0.5, 0.6) is 0 Å². The van der Waals surface area contributed by atoms with Crippen LogP contribution in [-0.4, -0.2) is 24.0 Å². The third-order valence-electron chi connectivity index (χ3n) is 4.87. The van der Waals surface area contributed by atoms with Crippen molar-refractivity contribution in [2.24, 2.45) is 0 Å². The molecule has 0 bridgehead atoms. The van der Waals surface area contributed by atoms with Gasteiger partial charge in [-0.25, -0.2) is 4.98 Å². The summed E-state index contributed by atoms with van der Waals surface area (Å²) in [5.41, 5.74) is 5.11. The van der Waals surface area contributed by atoms with E-state index in [0.29, 0.717) is 0 Å². The van der Waals surface area contributed by atoms with Gasteiger partial charge in [0.15, 0.2) is 0 Å². The van der Waals surface area contributed by atoms with E-state index in [-0.39, 0.29) is 12.3 Å². The van der Waals surface area contributed by atoms with Crippen molar-refractivity contribution in [2.45, 2.75) is 26.2 Å². The number of hydrogen-bond donors (Lipinski definition) is 1. The first-order valence-electron chi connectivity index (χ1n) is 9.34.